The van der Waals surface area contributed by atoms with E-state index in [1.807, 2.05) is 0 Å². The molecule has 0 unspecified atom stereocenters. The van der Waals surface area contributed by atoms with Gasteiger partial charge in [-0.1, -0.05) is 42.5 Å². The summed E-state index contributed by atoms with van der Waals surface area (Å²) >= 11 is 0. The van der Waals surface area contributed by atoms with Crippen LogP contribution in [0.5, 0.6) is 5.75 Å². The molecule has 6 nitrogen and oxygen atoms in total. The summed E-state index contributed by atoms with van der Waals surface area (Å²) in [7, 11) is -8.35. The maximum atomic E-state index is 13.9. The average molecular weight is 535 g/mol. The Morgan fingerprint density at radius 2 is 1.14 bits per heavy atom. The second-order valence-electron chi connectivity index (χ2n) is 8.91. The van der Waals surface area contributed by atoms with Crippen LogP contribution in [0.1, 0.15) is 32.6 Å². The third-order valence-electron chi connectivity index (χ3n) is 5.99. The molecule has 0 aliphatic rings. The number of carbonyl (C=O) groups is 1. The van der Waals surface area contributed by atoms with Crippen LogP contribution in [0.15, 0.2) is 105 Å². The van der Waals surface area contributed by atoms with Crippen molar-refractivity contribution in [2.45, 2.75) is 47.3 Å². The molecule has 8 heteroatoms. The first-order valence-electron chi connectivity index (χ1n) is 11.5. The van der Waals surface area contributed by atoms with Gasteiger partial charge in [0.1, 0.15) is 10.6 Å². The van der Waals surface area contributed by atoms with Crippen molar-refractivity contribution >= 4 is 25.6 Å². The van der Waals surface area contributed by atoms with Gasteiger partial charge in [0.05, 0.1) is 20.2 Å². The largest absolute Gasteiger partial charge is 0.422 e. The molecule has 37 heavy (non-hydrogen) atoms. The summed E-state index contributed by atoms with van der Waals surface area (Å²) in [6, 6.07) is 21.7. The number of esters is 1. The fourth-order valence-electron chi connectivity index (χ4n) is 3.92. The minimum atomic E-state index is -4.28. The summed E-state index contributed by atoms with van der Waals surface area (Å²) in [5.74, 6) is -1.02. The van der Waals surface area contributed by atoms with Crippen molar-refractivity contribution in [2.24, 2.45) is 0 Å². The normalized spacial score (nSPS) is 11.8. The third kappa shape index (κ3) is 5.21. The van der Waals surface area contributed by atoms with E-state index in [9.17, 15) is 21.6 Å². The highest BCUT2D eigenvalue weighted by atomic mass is 32.2. The molecule has 0 bridgehead atoms. The van der Waals surface area contributed by atoms with Crippen molar-refractivity contribution in [2.75, 3.05) is 0 Å². The number of hydrogen-bond acceptors (Lipinski definition) is 6. The lowest BCUT2D eigenvalue weighted by Crippen LogP contribution is -2.14. The lowest BCUT2D eigenvalue weighted by atomic mass is 10.2. The van der Waals surface area contributed by atoms with E-state index in [1.165, 1.54) is 18.2 Å². The molecule has 4 aromatic rings. The van der Waals surface area contributed by atoms with Crippen molar-refractivity contribution in [3.05, 3.63) is 113 Å². The monoisotopic (exact) mass is 534 g/mol. The van der Waals surface area contributed by atoms with Crippen LogP contribution in [0, 0.1) is 27.7 Å². The predicted molar refractivity (Wildman–Crippen MR) is 141 cm³/mol. The number of ether oxygens (including phenoxy) is 1. The van der Waals surface area contributed by atoms with Crippen molar-refractivity contribution in [1.82, 2.24) is 0 Å². The molecule has 0 atom stereocenters. The lowest BCUT2D eigenvalue weighted by Gasteiger charge is -2.15. The van der Waals surface area contributed by atoms with Gasteiger partial charge in [-0.05, 0) is 92.4 Å². The van der Waals surface area contributed by atoms with E-state index in [4.69, 9.17) is 4.74 Å². The van der Waals surface area contributed by atoms with E-state index in [0.717, 1.165) is 11.6 Å². The molecule has 0 aliphatic carbocycles. The van der Waals surface area contributed by atoms with Gasteiger partial charge in [-0.25, -0.2) is 21.6 Å². The van der Waals surface area contributed by atoms with Crippen molar-refractivity contribution in [3.63, 3.8) is 0 Å². The minimum absolute atomic E-state index is 0.00536. The highest BCUT2D eigenvalue weighted by Crippen LogP contribution is 2.36. The minimum Gasteiger partial charge on any atom is -0.422 e. The predicted octanol–water partition coefficient (Wildman–Crippen LogP) is 5.81. The van der Waals surface area contributed by atoms with Gasteiger partial charge in [0.2, 0.25) is 19.7 Å². The van der Waals surface area contributed by atoms with Crippen LogP contribution in [0.25, 0.3) is 0 Å². The third-order valence-corrected chi connectivity index (χ3v) is 9.80. The van der Waals surface area contributed by atoms with Gasteiger partial charge in [-0.3, -0.25) is 0 Å². The summed E-state index contributed by atoms with van der Waals surface area (Å²) in [6.45, 7) is 6.87. The average Bonchev–Trinajstić information content (AvgIpc) is 2.87. The van der Waals surface area contributed by atoms with E-state index in [1.54, 1.807) is 88.4 Å². The number of benzene rings is 4. The molecule has 4 rings (SSSR count). The van der Waals surface area contributed by atoms with Crippen LogP contribution >= 0.6 is 0 Å². The Kier molecular flexibility index (Phi) is 7.08. The zero-order chi connectivity index (χ0) is 27.0. The number of aryl methyl sites for hydroxylation is 4. The van der Waals surface area contributed by atoms with Crippen molar-refractivity contribution in [3.8, 4) is 5.75 Å². The van der Waals surface area contributed by atoms with Crippen LogP contribution in [0.3, 0.4) is 0 Å². The quantitative estimate of drug-likeness (QED) is 0.229. The summed E-state index contributed by atoms with van der Waals surface area (Å²) in [6.07, 6.45) is 0. The second kappa shape index (κ2) is 9.95. The lowest BCUT2D eigenvalue weighted by molar-refractivity contribution is 0.0730. The van der Waals surface area contributed by atoms with Crippen LogP contribution in [0.2, 0.25) is 0 Å². The number of hydrogen-bond donors (Lipinski definition) is 0. The molecule has 0 heterocycles. The molecule has 0 N–H and O–H groups in total. The topological polar surface area (TPSA) is 94.6 Å². The second-order valence-corrected chi connectivity index (χ2v) is 12.7. The first-order chi connectivity index (χ1) is 17.4. The first kappa shape index (κ1) is 26.3. The number of rotatable bonds is 6. The molecule has 0 aliphatic heterocycles. The Morgan fingerprint density at radius 1 is 0.595 bits per heavy atom. The fraction of sp³-hybridized carbons (Fsp3) is 0.138. The van der Waals surface area contributed by atoms with Gasteiger partial charge < -0.3 is 4.74 Å². The highest BCUT2D eigenvalue weighted by molar-refractivity contribution is 7.92. The Morgan fingerprint density at radius 3 is 1.70 bits per heavy atom. The van der Waals surface area contributed by atoms with Crippen LogP contribution in [0.4, 0.5) is 0 Å². The smallest absolute Gasteiger partial charge is 0.343 e. The number of carbonyl (C=O) groups excluding carboxylic acids is 1. The maximum Gasteiger partial charge on any atom is 0.343 e. The summed E-state index contributed by atoms with van der Waals surface area (Å²) in [4.78, 5) is 12.3. The Hall–Kier alpha value is -3.75. The van der Waals surface area contributed by atoms with Gasteiger partial charge in [-0.15, -0.1) is 0 Å². The molecule has 0 aromatic heterocycles. The summed E-state index contributed by atoms with van der Waals surface area (Å²) in [5.41, 5.74) is 2.70. The van der Waals surface area contributed by atoms with Crippen LogP contribution < -0.4 is 4.74 Å². The van der Waals surface area contributed by atoms with Gasteiger partial charge in [-0.2, -0.15) is 0 Å². The standard InChI is InChI=1S/C29H26O6S2/c1-19-10-12-21(3)26(16-19)36(31,32)24-14-15-25(35-29(30)23-8-6-5-7-9-23)28(18-24)37(33,34)27-17-20(2)11-13-22(27)4/h5-18H,1-4H3. The SMILES string of the molecule is Cc1ccc(C)c(S(=O)(=O)c2ccc(OC(=O)c3ccccc3)c(S(=O)(=O)c3cc(C)ccc3C)c2)c1. The molecule has 0 spiro atoms. The molecule has 190 valence electrons. The molecule has 0 saturated heterocycles. The van der Waals surface area contributed by atoms with Crippen molar-refractivity contribution in [1.29, 1.82) is 0 Å². The first-order valence-corrected chi connectivity index (χ1v) is 14.4. The molecule has 0 fully saturated rings. The molecule has 0 saturated carbocycles. The highest BCUT2D eigenvalue weighted by Gasteiger charge is 2.29. The van der Waals surface area contributed by atoms with Gasteiger partial charge in [0, 0.05) is 0 Å². The molecular weight excluding hydrogens is 508 g/mol. The van der Waals surface area contributed by atoms with E-state index < -0.39 is 30.5 Å². The van der Waals surface area contributed by atoms with E-state index in [2.05, 4.69) is 0 Å². The Bertz CT molecular complexity index is 1720. The summed E-state index contributed by atoms with van der Waals surface area (Å²) < 4.78 is 60.5. The zero-order valence-electron chi connectivity index (χ0n) is 20.8. The maximum absolute atomic E-state index is 13.9. The fourth-order valence-corrected chi connectivity index (χ4v) is 7.33. The molecule has 0 amide bonds. The van der Waals surface area contributed by atoms with E-state index >= 15 is 0 Å². The zero-order valence-corrected chi connectivity index (χ0v) is 22.5. The van der Waals surface area contributed by atoms with Crippen LogP contribution in [-0.2, 0) is 19.7 Å². The molecule has 4 aromatic carbocycles. The molecular formula is C29H26O6S2. The van der Waals surface area contributed by atoms with Gasteiger partial charge >= 0.3 is 5.97 Å². The van der Waals surface area contributed by atoms with Crippen molar-refractivity contribution < 1.29 is 26.4 Å². The molecule has 0 radical (unpaired) electrons. The Balaban J connectivity index is 1.93. The number of sulfone groups is 2. The van der Waals surface area contributed by atoms with Gasteiger partial charge in [0.15, 0.2) is 0 Å². The van der Waals surface area contributed by atoms with Gasteiger partial charge in [0.25, 0.3) is 0 Å². The van der Waals surface area contributed by atoms with E-state index in [-0.39, 0.29) is 26.0 Å². The Labute approximate surface area is 217 Å². The summed E-state index contributed by atoms with van der Waals surface area (Å²) in [5, 5.41) is 0. The van der Waals surface area contributed by atoms with Crippen LogP contribution in [-0.4, -0.2) is 22.8 Å². The van der Waals surface area contributed by atoms with E-state index in [0.29, 0.717) is 16.7 Å².